The van der Waals surface area contributed by atoms with Crippen LogP contribution in [0.15, 0.2) is 48.1 Å². The predicted octanol–water partition coefficient (Wildman–Crippen LogP) is 4.14. The van der Waals surface area contributed by atoms with Crippen molar-refractivity contribution in [3.63, 3.8) is 0 Å². The van der Waals surface area contributed by atoms with Crippen LogP contribution in [0.2, 0.25) is 0 Å². The quantitative estimate of drug-likeness (QED) is 0.366. The number of benzene rings is 1. The molecule has 10 heteroatoms. The molecule has 0 radical (unpaired) electrons. The number of carbonyl (C=O) groups excluding carboxylic acids is 3. The number of Topliss-reactive ketones (excluding diaryl/α,β-unsaturated/α-hetero) is 1. The van der Waals surface area contributed by atoms with Crippen LogP contribution >= 0.6 is 0 Å². The summed E-state index contributed by atoms with van der Waals surface area (Å²) in [5, 5.41) is 11.7. The number of rotatable bonds is 6. The van der Waals surface area contributed by atoms with Crippen LogP contribution in [0.4, 0.5) is 9.18 Å². The summed E-state index contributed by atoms with van der Waals surface area (Å²) in [6.07, 6.45) is 3.10. The maximum Gasteiger partial charge on any atom is 0.514 e. The van der Waals surface area contributed by atoms with Crippen molar-refractivity contribution in [1.82, 2.24) is 0 Å². The average molecular weight is 598 g/mol. The molecule has 0 spiro atoms. The molecule has 232 valence electrons. The molecule has 4 aliphatic carbocycles. The lowest BCUT2D eigenvalue weighted by atomic mass is 9.44. The number of alkyl halides is 1. The molecule has 0 aromatic heterocycles. The molecule has 1 aromatic carbocycles. The van der Waals surface area contributed by atoms with Crippen LogP contribution in [-0.4, -0.2) is 65.2 Å². The SMILES string of the molecule is CC1(C)O[C@@H]2C[C@H]3[C@@H]4CCC5=CC(=O)C=C[C@]5(C)[C@@]4(F)[C@@H](O)C[C@]3(C)[C@]2(C(=O)COC(=O)Oc2ccc(CCN)cc2)O1. The third-order valence-electron chi connectivity index (χ3n) is 10.9. The summed E-state index contributed by atoms with van der Waals surface area (Å²) >= 11 is 0. The molecule has 4 fully saturated rings. The lowest BCUT2D eigenvalue weighted by Gasteiger charge is -2.62. The summed E-state index contributed by atoms with van der Waals surface area (Å²) in [6, 6.07) is 6.83. The van der Waals surface area contributed by atoms with Crippen molar-refractivity contribution >= 4 is 17.7 Å². The molecule has 3 N–H and O–H groups in total. The smallest absolute Gasteiger partial charge is 0.426 e. The average Bonchev–Trinajstić information content (AvgIpc) is 3.35. The molecule has 3 saturated carbocycles. The predicted molar refractivity (Wildman–Crippen MR) is 153 cm³/mol. The summed E-state index contributed by atoms with van der Waals surface area (Å²) < 4.78 is 40.9. The first-order chi connectivity index (χ1) is 20.2. The molecule has 43 heavy (non-hydrogen) atoms. The molecule has 8 atom stereocenters. The second-order valence-electron chi connectivity index (χ2n) is 13.6. The van der Waals surface area contributed by atoms with Crippen molar-refractivity contribution in [3.8, 4) is 5.75 Å². The Bertz CT molecular complexity index is 1410. The summed E-state index contributed by atoms with van der Waals surface area (Å²) in [6.45, 7) is 6.89. The Hall–Kier alpha value is -2.92. The first-order valence-electron chi connectivity index (χ1n) is 15.1. The highest BCUT2D eigenvalue weighted by atomic mass is 19.1. The van der Waals surface area contributed by atoms with Crippen molar-refractivity contribution in [3.05, 3.63) is 53.6 Å². The van der Waals surface area contributed by atoms with E-state index >= 15 is 4.39 Å². The van der Waals surface area contributed by atoms with Gasteiger partial charge in [-0.1, -0.05) is 30.7 Å². The molecule has 5 aliphatic rings. The minimum absolute atomic E-state index is 0.0728. The normalized spacial score (nSPS) is 40.5. The largest absolute Gasteiger partial charge is 0.514 e. The van der Waals surface area contributed by atoms with Gasteiger partial charge in [-0.3, -0.25) is 9.59 Å². The Morgan fingerprint density at radius 2 is 1.86 bits per heavy atom. The number of hydrogen-bond acceptors (Lipinski definition) is 9. The monoisotopic (exact) mass is 597 g/mol. The lowest BCUT2D eigenvalue weighted by molar-refractivity contribution is -0.246. The number of fused-ring (bicyclic) bond motifs is 7. The van der Waals surface area contributed by atoms with E-state index in [2.05, 4.69) is 0 Å². The number of halogens is 1. The summed E-state index contributed by atoms with van der Waals surface area (Å²) in [5.41, 5.74) is 1.43. The first kappa shape index (κ1) is 30.1. The van der Waals surface area contributed by atoms with Gasteiger partial charge in [-0.15, -0.1) is 0 Å². The molecule has 1 aromatic rings. The van der Waals surface area contributed by atoms with E-state index in [1.54, 1.807) is 51.1 Å². The van der Waals surface area contributed by atoms with E-state index < -0.39 is 64.6 Å². The van der Waals surface area contributed by atoms with Crippen LogP contribution in [0.1, 0.15) is 58.9 Å². The number of aliphatic hydroxyl groups is 1. The number of ketones is 2. The van der Waals surface area contributed by atoms with Gasteiger partial charge < -0.3 is 29.8 Å². The van der Waals surface area contributed by atoms with Gasteiger partial charge in [0.15, 0.2) is 29.4 Å². The Morgan fingerprint density at radius 3 is 2.56 bits per heavy atom. The Kier molecular flexibility index (Phi) is 7.04. The number of nitrogens with two attached hydrogens (primary N) is 1. The molecule has 0 bridgehead atoms. The molecular weight excluding hydrogens is 557 g/mol. The van der Waals surface area contributed by atoms with Crippen molar-refractivity contribution in [2.45, 2.75) is 89.1 Å². The number of carbonyl (C=O) groups is 3. The molecule has 9 nitrogen and oxygen atoms in total. The zero-order chi connectivity index (χ0) is 31.0. The van der Waals surface area contributed by atoms with E-state index in [1.165, 1.54) is 12.2 Å². The Labute approximate surface area is 250 Å². The number of aliphatic hydroxyl groups excluding tert-OH is 1. The third-order valence-corrected chi connectivity index (χ3v) is 10.9. The van der Waals surface area contributed by atoms with E-state index in [1.807, 2.05) is 6.92 Å². The van der Waals surface area contributed by atoms with Crippen molar-refractivity contribution in [2.24, 2.45) is 28.4 Å². The summed E-state index contributed by atoms with van der Waals surface area (Å²) in [5.74, 6) is -2.58. The highest BCUT2D eigenvalue weighted by Gasteiger charge is 2.80. The van der Waals surface area contributed by atoms with Crippen LogP contribution in [0.3, 0.4) is 0 Å². The van der Waals surface area contributed by atoms with E-state index in [4.69, 9.17) is 24.7 Å². The fraction of sp³-hybridized carbons (Fsp3) is 0.606. The fourth-order valence-corrected chi connectivity index (χ4v) is 9.06. The summed E-state index contributed by atoms with van der Waals surface area (Å²) in [4.78, 5) is 38.9. The zero-order valence-corrected chi connectivity index (χ0v) is 25.1. The van der Waals surface area contributed by atoms with Gasteiger partial charge in [-0.25, -0.2) is 9.18 Å². The fourth-order valence-electron chi connectivity index (χ4n) is 9.06. The van der Waals surface area contributed by atoms with Gasteiger partial charge in [0.25, 0.3) is 0 Å². The highest BCUT2D eigenvalue weighted by Crippen LogP contribution is 2.72. The van der Waals surface area contributed by atoms with Crippen molar-refractivity contribution in [1.29, 1.82) is 0 Å². The minimum Gasteiger partial charge on any atom is -0.426 e. The van der Waals surface area contributed by atoms with E-state index in [0.717, 1.165) is 5.56 Å². The second kappa shape index (κ2) is 10.1. The van der Waals surface area contributed by atoms with Gasteiger partial charge in [0.2, 0.25) is 5.78 Å². The molecule has 6 rings (SSSR count). The van der Waals surface area contributed by atoms with Crippen molar-refractivity contribution in [2.75, 3.05) is 13.2 Å². The molecule has 1 aliphatic heterocycles. The zero-order valence-electron chi connectivity index (χ0n) is 25.1. The van der Waals surface area contributed by atoms with Crippen LogP contribution in [0, 0.1) is 22.7 Å². The van der Waals surface area contributed by atoms with E-state index in [0.29, 0.717) is 37.8 Å². The number of hydrogen-bond donors (Lipinski definition) is 2. The standard InChI is InChI=1S/C33H40FNO8/c1-29(2)42-27-16-24-23-10-7-20-15-21(36)11-13-30(20,3)32(23,34)25(37)17-31(24,4)33(27,43-29)26(38)18-40-28(39)41-22-8-5-19(6-9-22)12-14-35/h5-6,8-9,11,13,15,23-25,27,37H,7,10,12,14,16-18,35H2,1-4H3/t23-,24-,25-,27+,30-,31-,32-,33+/m0/s1. The lowest BCUT2D eigenvalue weighted by Crippen LogP contribution is -2.70. The Morgan fingerprint density at radius 1 is 1.14 bits per heavy atom. The van der Waals surface area contributed by atoms with Gasteiger partial charge in [0, 0.05) is 16.7 Å². The highest BCUT2D eigenvalue weighted by molar-refractivity contribution is 6.01. The van der Waals surface area contributed by atoms with Crippen LogP contribution in [0.5, 0.6) is 5.75 Å². The molecular formula is C33H40FNO8. The van der Waals surface area contributed by atoms with Crippen LogP contribution < -0.4 is 10.5 Å². The van der Waals surface area contributed by atoms with Crippen LogP contribution in [-0.2, 0) is 30.2 Å². The third kappa shape index (κ3) is 4.28. The number of ether oxygens (including phenoxy) is 4. The first-order valence-corrected chi connectivity index (χ1v) is 15.1. The molecule has 0 amide bonds. The van der Waals surface area contributed by atoms with Gasteiger partial charge in [0.05, 0.1) is 12.2 Å². The van der Waals surface area contributed by atoms with Crippen LogP contribution in [0.25, 0.3) is 0 Å². The van der Waals surface area contributed by atoms with Gasteiger partial charge in [-0.05, 0) is 95.2 Å². The summed E-state index contributed by atoms with van der Waals surface area (Å²) in [7, 11) is 0. The van der Waals surface area contributed by atoms with Gasteiger partial charge >= 0.3 is 6.16 Å². The Balaban J connectivity index is 1.26. The maximum absolute atomic E-state index is 17.5. The van der Waals surface area contributed by atoms with E-state index in [9.17, 15) is 19.5 Å². The number of allylic oxidation sites excluding steroid dienone is 4. The molecule has 1 heterocycles. The minimum atomic E-state index is -2.06. The molecule has 0 unspecified atom stereocenters. The van der Waals surface area contributed by atoms with Gasteiger partial charge in [-0.2, -0.15) is 0 Å². The van der Waals surface area contributed by atoms with Gasteiger partial charge in [0.1, 0.15) is 5.75 Å². The van der Waals surface area contributed by atoms with E-state index in [-0.39, 0.29) is 23.9 Å². The topological polar surface area (TPSA) is 134 Å². The second-order valence-corrected chi connectivity index (χ2v) is 13.6. The maximum atomic E-state index is 17.5. The van der Waals surface area contributed by atoms with Crippen molar-refractivity contribution < 1.29 is 42.8 Å². The molecule has 1 saturated heterocycles.